The van der Waals surface area contributed by atoms with Crippen LogP contribution >= 0.6 is 0 Å². The van der Waals surface area contributed by atoms with Crippen molar-refractivity contribution in [1.82, 2.24) is 4.90 Å². The Hall–Kier alpha value is -3.81. The topological polar surface area (TPSA) is 71.0 Å². The molecule has 0 unspecified atom stereocenters. The zero-order chi connectivity index (χ0) is 28.6. The van der Waals surface area contributed by atoms with Crippen LogP contribution in [0.5, 0.6) is 0 Å². The Balaban J connectivity index is 1.43. The molecule has 1 fully saturated rings. The third-order valence-electron chi connectivity index (χ3n) is 7.56. The molecule has 0 saturated carbocycles. The van der Waals surface area contributed by atoms with Gasteiger partial charge in [-0.05, 0) is 34.4 Å². The quantitative estimate of drug-likeness (QED) is 0.232. The number of nitrogens with one attached hydrogen (secondary N) is 1. The third-order valence-corrected chi connectivity index (χ3v) is 7.56. The lowest BCUT2D eigenvalue weighted by molar-refractivity contribution is -0.276. The lowest BCUT2D eigenvalue weighted by atomic mass is 9.89. The van der Waals surface area contributed by atoms with Gasteiger partial charge in [0.15, 0.2) is 6.29 Å². The van der Waals surface area contributed by atoms with E-state index in [0.717, 1.165) is 42.0 Å². The van der Waals surface area contributed by atoms with E-state index in [1.807, 2.05) is 60.7 Å². The molecule has 6 nitrogen and oxygen atoms in total. The van der Waals surface area contributed by atoms with Gasteiger partial charge in [0.25, 0.3) is 0 Å². The molecule has 4 aromatic carbocycles. The van der Waals surface area contributed by atoms with Crippen LogP contribution in [0.1, 0.15) is 54.1 Å². The zero-order valence-electron chi connectivity index (χ0n) is 23.6. The molecule has 2 N–H and O–H groups in total. The first-order valence-electron chi connectivity index (χ1n) is 14.2. The van der Waals surface area contributed by atoms with Crippen LogP contribution < -0.4 is 5.32 Å². The van der Waals surface area contributed by atoms with Crippen molar-refractivity contribution in [1.29, 1.82) is 0 Å². The molecule has 0 aromatic heterocycles. The summed E-state index contributed by atoms with van der Waals surface area (Å²) in [7, 11) is 0. The maximum absolute atomic E-state index is 11.5. The molecule has 0 radical (unpaired) electrons. The van der Waals surface area contributed by atoms with Gasteiger partial charge in [0.05, 0.1) is 18.8 Å². The molecule has 212 valence electrons. The average molecular weight is 551 g/mol. The molecular formula is C35H38N2O4. The minimum absolute atomic E-state index is 0.00426. The summed E-state index contributed by atoms with van der Waals surface area (Å²) >= 11 is 0. The first-order valence-corrected chi connectivity index (χ1v) is 14.2. The van der Waals surface area contributed by atoms with Gasteiger partial charge >= 0.3 is 0 Å². The molecule has 0 bridgehead atoms. The van der Waals surface area contributed by atoms with E-state index >= 15 is 0 Å². The summed E-state index contributed by atoms with van der Waals surface area (Å²) in [6.45, 7) is 6.01. The molecule has 1 aliphatic heterocycles. The summed E-state index contributed by atoms with van der Waals surface area (Å²) in [5.74, 6) is -0.0426. The van der Waals surface area contributed by atoms with Gasteiger partial charge in [-0.1, -0.05) is 104 Å². The van der Waals surface area contributed by atoms with Gasteiger partial charge < -0.3 is 19.9 Å². The number of anilines is 1. The van der Waals surface area contributed by atoms with Crippen LogP contribution in [0, 0.1) is 5.92 Å². The summed E-state index contributed by atoms with van der Waals surface area (Å²) in [6, 6.07) is 36.7. The fraction of sp³-hybridized carbons (Fsp3) is 0.286. The van der Waals surface area contributed by atoms with E-state index in [2.05, 4.69) is 65.7 Å². The van der Waals surface area contributed by atoms with Gasteiger partial charge in [-0.3, -0.25) is 9.69 Å². The summed E-state index contributed by atoms with van der Waals surface area (Å²) in [5, 5.41) is 12.4. The van der Waals surface area contributed by atoms with Crippen LogP contribution in [-0.2, 0) is 34.0 Å². The van der Waals surface area contributed by atoms with E-state index in [9.17, 15) is 9.90 Å². The number of carbonyl (C=O) groups excluding carboxylic acids is 1. The van der Waals surface area contributed by atoms with Crippen LogP contribution in [0.4, 0.5) is 5.69 Å². The number of ether oxygens (including phenoxy) is 2. The van der Waals surface area contributed by atoms with Crippen molar-refractivity contribution >= 4 is 11.6 Å². The average Bonchev–Trinajstić information content (AvgIpc) is 2.99. The Bertz CT molecular complexity index is 1340. The first kappa shape index (κ1) is 28.7. The maximum atomic E-state index is 11.5. The third kappa shape index (κ3) is 7.69. The summed E-state index contributed by atoms with van der Waals surface area (Å²) < 4.78 is 13.3. The Kier molecular flexibility index (Phi) is 9.59. The van der Waals surface area contributed by atoms with Crippen LogP contribution in [0.15, 0.2) is 109 Å². The molecule has 4 aromatic rings. The summed E-state index contributed by atoms with van der Waals surface area (Å²) in [5.41, 5.74) is 6.06. The van der Waals surface area contributed by atoms with Gasteiger partial charge in [0.2, 0.25) is 5.91 Å². The second-order valence-corrected chi connectivity index (χ2v) is 10.8. The molecule has 1 saturated heterocycles. The van der Waals surface area contributed by atoms with Gasteiger partial charge in [0.1, 0.15) is 0 Å². The smallest absolute Gasteiger partial charge is 0.221 e. The number of nitrogens with zero attached hydrogens (tertiary/aromatic N) is 1. The monoisotopic (exact) mass is 550 g/mol. The summed E-state index contributed by atoms with van der Waals surface area (Å²) in [4.78, 5) is 14.0. The lowest BCUT2D eigenvalue weighted by Crippen LogP contribution is -2.44. The highest BCUT2D eigenvalue weighted by molar-refractivity contribution is 5.88. The number of amides is 1. The van der Waals surface area contributed by atoms with Gasteiger partial charge in [-0.15, -0.1) is 0 Å². The van der Waals surface area contributed by atoms with Gasteiger partial charge in [0, 0.05) is 43.7 Å². The van der Waals surface area contributed by atoms with Crippen molar-refractivity contribution in [3.05, 3.63) is 137 Å². The number of aliphatic hydroxyl groups excluding tert-OH is 1. The molecule has 0 aliphatic carbocycles. The molecule has 0 spiro atoms. The number of benzene rings is 4. The number of hydrogen-bond acceptors (Lipinski definition) is 5. The second kappa shape index (κ2) is 13.7. The van der Waals surface area contributed by atoms with Crippen LogP contribution in [-0.4, -0.2) is 28.6 Å². The molecule has 4 atom stereocenters. The molecule has 41 heavy (non-hydrogen) atoms. The minimum atomic E-state index is -0.569. The highest BCUT2D eigenvalue weighted by atomic mass is 16.7. The Labute approximate surface area is 242 Å². The second-order valence-electron chi connectivity index (χ2n) is 10.8. The van der Waals surface area contributed by atoms with Gasteiger partial charge in [-0.25, -0.2) is 0 Å². The predicted molar refractivity (Wildman–Crippen MR) is 161 cm³/mol. The Morgan fingerprint density at radius 3 is 1.85 bits per heavy atom. The van der Waals surface area contributed by atoms with Gasteiger partial charge in [-0.2, -0.15) is 0 Å². The van der Waals surface area contributed by atoms with Crippen molar-refractivity contribution in [2.24, 2.45) is 5.92 Å². The van der Waals surface area contributed by atoms with E-state index in [0.29, 0.717) is 0 Å². The van der Waals surface area contributed by atoms with E-state index < -0.39 is 6.29 Å². The Morgan fingerprint density at radius 2 is 1.32 bits per heavy atom. The Morgan fingerprint density at radius 1 is 0.756 bits per heavy atom. The molecular weight excluding hydrogens is 512 g/mol. The standard InChI is InChI=1S/C35H38N2O4/c1-25-33(23-37(21-27-9-5-3-6-10-27)22-28-11-7-4-8-12-28)40-35(31-17-19-32(20-18-31)36-26(2)39)41-34(25)30-15-13-29(24-38)14-16-30/h3-20,25,33-35,38H,21-24H2,1-2H3,(H,36,39)/t25-,33+,34+,35+/m1/s1. The fourth-order valence-electron chi connectivity index (χ4n) is 5.38. The summed E-state index contributed by atoms with van der Waals surface area (Å²) in [6.07, 6.45) is -0.879. The zero-order valence-corrected chi connectivity index (χ0v) is 23.6. The van der Waals surface area contributed by atoms with E-state index in [1.54, 1.807) is 0 Å². The fourth-order valence-corrected chi connectivity index (χ4v) is 5.38. The molecule has 1 heterocycles. The van der Waals surface area contributed by atoms with Crippen LogP contribution in [0.25, 0.3) is 0 Å². The normalized spacial score (nSPS) is 20.6. The largest absolute Gasteiger partial charge is 0.392 e. The lowest BCUT2D eigenvalue weighted by Gasteiger charge is -2.43. The highest BCUT2D eigenvalue weighted by Gasteiger charge is 2.39. The number of aliphatic hydroxyl groups is 1. The molecule has 5 rings (SSSR count). The molecule has 6 heteroatoms. The van der Waals surface area contributed by atoms with Crippen molar-refractivity contribution < 1.29 is 19.4 Å². The minimum Gasteiger partial charge on any atom is -0.392 e. The molecule has 1 amide bonds. The first-order chi connectivity index (χ1) is 20.0. The van der Waals surface area contributed by atoms with Crippen molar-refractivity contribution in [3.63, 3.8) is 0 Å². The molecule has 1 aliphatic rings. The number of rotatable bonds is 10. The highest BCUT2D eigenvalue weighted by Crippen LogP contribution is 2.42. The van der Waals surface area contributed by atoms with Crippen molar-refractivity contribution in [2.45, 2.75) is 52.0 Å². The van der Waals surface area contributed by atoms with Crippen molar-refractivity contribution in [2.75, 3.05) is 11.9 Å². The van der Waals surface area contributed by atoms with Crippen molar-refractivity contribution in [3.8, 4) is 0 Å². The predicted octanol–water partition coefficient (Wildman–Crippen LogP) is 6.63. The van der Waals surface area contributed by atoms with E-state index in [1.165, 1.54) is 18.1 Å². The van der Waals surface area contributed by atoms with Crippen LogP contribution in [0.3, 0.4) is 0 Å². The maximum Gasteiger partial charge on any atom is 0.221 e. The number of carbonyl (C=O) groups is 1. The van der Waals surface area contributed by atoms with E-state index in [-0.39, 0.29) is 30.6 Å². The SMILES string of the molecule is CC(=O)Nc1ccc([C@H]2O[C@@H](CN(Cc3ccccc3)Cc3ccccc3)[C@@H](C)[C@@H](c3ccc(CO)cc3)O2)cc1. The van der Waals surface area contributed by atoms with Crippen LogP contribution in [0.2, 0.25) is 0 Å². The van der Waals surface area contributed by atoms with E-state index in [4.69, 9.17) is 9.47 Å². The number of hydrogen-bond donors (Lipinski definition) is 2.